The first-order chi connectivity index (χ1) is 24.0. The number of nitrogens with zero attached hydrogens (tertiary/aromatic N) is 1. The highest BCUT2D eigenvalue weighted by Crippen LogP contribution is 2.36. The zero-order valence-electron chi connectivity index (χ0n) is 26.0. The fourth-order valence-electron chi connectivity index (χ4n) is 5.11. The third-order valence-corrected chi connectivity index (χ3v) is 8.57. The number of hydrogen-bond donors (Lipinski definition) is 0. The Hall–Kier alpha value is -5.46. The maximum absolute atomic E-state index is 13.6. The zero-order chi connectivity index (χ0) is 34.0. The van der Waals surface area contributed by atoms with Gasteiger partial charge in [-0.15, -0.1) is 0 Å². The Morgan fingerprint density at radius 1 is 0.592 bits per heavy atom. The van der Waals surface area contributed by atoms with Gasteiger partial charge in [-0.25, -0.2) is 24.2 Å². The molecule has 5 unspecified atom stereocenters. The minimum atomic E-state index is -1.44. The molecule has 2 aliphatic rings. The molecule has 0 saturated carbocycles. The van der Waals surface area contributed by atoms with Gasteiger partial charge in [0.2, 0.25) is 5.23 Å². The summed E-state index contributed by atoms with van der Waals surface area (Å²) in [5.41, 5.74) is -0.179. The van der Waals surface area contributed by atoms with E-state index in [9.17, 15) is 19.2 Å². The molecule has 11 nitrogen and oxygen atoms in total. The smallest absolute Gasteiger partial charge is 0.338 e. The fourth-order valence-corrected chi connectivity index (χ4v) is 6.17. The van der Waals surface area contributed by atoms with Crippen molar-refractivity contribution in [1.29, 1.82) is 0 Å². The van der Waals surface area contributed by atoms with E-state index in [0.29, 0.717) is 13.2 Å². The van der Waals surface area contributed by atoms with Crippen LogP contribution in [0.1, 0.15) is 41.4 Å². The van der Waals surface area contributed by atoms with E-state index in [0.717, 1.165) is 11.8 Å². The first kappa shape index (κ1) is 33.4. The van der Waals surface area contributed by atoms with Crippen molar-refractivity contribution in [2.24, 2.45) is 4.99 Å². The Kier molecular flexibility index (Phi) is 11.0. The van der Waals surface area contributed by atoms with Gasteiger partial charge in [0.05, 0.1) is 28.8 Å². The number of hydrogen-bond acceptors (Lipinski definition) is 12. The SMILES string of the molecule is O=C(OCC1OC(SC2=NCCO2)C(OC(=O)c2ccccc2)C(OC(=O)c2ccccc2)C1OC(=O)c1ccccc1)c1ccccc1. The van der Waals surface area contributed by atoms with E-state index in [1.54, 1.807) is 121 Å². The highest BCUT2D eigenvalue weighted by molar-refractivity contribution is 8.14. The summed E-state index contributed by atoms with van der Waals surface area (Å²) in [6.07, 6.45) is -5.41. The molecule has 1 fully saturated rings. The monoisotopic (exact) mass is 681 g/mol. The summed E-state index contributed by atoms with van der Waals surface area (Å²) in [5.74, 6) is -2.93. The quantitative estimate of drug-likeness (QED) is 0.158. The van der Waals surface area contributed by atoms with Crippen LogP contribution in [0.3, 0.4) is 0 Å². The molecule has 0 aliphatic carbocycles. The van der Waals surface area contributed by atoms with Crippen molar-refractivity contribution in [3.63, 3.8) is 0 Å². The summed E-state index contributed by atoms with van der Waals surface area (Å²) in [6.45, 7) is 0.334. The summed E-state index contributed by atoms with van der Waals surface area (Å²) >= 11 is 1.01. The number of carbonyl (C=O) groups excluding carboxylic acids is 4. The second-order valence-electron chi connectivity index (χ2n) is 10.8. The second-order valence-corrected chi connectivity index (χ2v) is 11.9. The van der Waals surface area contributed by atoms with Gasteiger partial charge in [-0.3, -0.25) is 0 Å². The van der Waals surface area contributed by atoms with Crippen molar-refractivity contribution in [3.05, 3.63) is 144 Å². The highest BCUT2D eigenvalue weighted by atomic mass is 32.2. The van der Waals surface area contributed by atoms with Crippen molar-refractivity contribution in [2.75, 3.05) is 19.8 Å². The van der Waals surface area contributed by atoms with Gasteiger partial charge in [0.15, 0.2) is 23.7 Å². The highest BCUT2D eigenvalue weighted by Gasteiger charge is 2.54. The molecule has 0 N–H and O–H groups in total. The van der Waals surface area contributed by atoms with E-state index < -0.39 is 60.3 Å². The maximum Gasteiger partial charge on any atom is 0.338 e. The summed E-state index contributed by atoms with van der Waals surface area (Å²) < 4.78 is 35.9. The van der Waals surface area contributed by atoms with Crippen LogP contribution in [0.2, 0.25) is 0 Å². The van der Waals surface area contributed by atoms with Gasteiger partial charge in [-0.1, -0.05) is 72.8 Å². The van der Waals surface area contributed by atoms with Crippen LogP contribution in [0, 0.1) is 0 Å². The summed E-state index contributed by atoms with van der Waals surface area (Å²) in [5, 5.41) is 0.263. The molecular weight excluding hydrogens is 650 g/mol. The number of benzene rings is 4. The Balaban J connectivity index is 1.39. The van der Waals surface area contributed by atoms with Gasteiger partial charge in [-0.05, 0) is 60.3 Å². The number of thioether (sulfide) groups is 1. The van der Waals surface area contributed by atoms with Gasteiger partial charge in [0, 0.05) is 0 Å². The molecule has 5 atom stereocenters. The van der Waals surface area contributed by atoms with E-state index in [4.69, 9.17) is 28.4 Å². The number of aliphatic imine (C=N–C) groups is 1. The predicted molar refractivity (Wildman–Crippen MR) is 178 cm³/mol. The minimum Gasteiger partial charge on any atom is -0.471 e. The molecule has 0 amide bonds. The summed E-state index contributed by atoms with van der Waals surface area (Å²) in [4.78, 5) is 58.1. The lowest BCUT2D eigenvalue weighted by molar-refractivity contribution is -0.207. The molecule has 49 heavy (non-hydrogen) atoms. The van der Waals surface area contributed by atoms with Gasteiger partial charge in [0.1, 0.15) is 19.3 Å². The minimum absolute atomic E-state index is 0.204. The molecule has 0 bridgehead atoms. The van der Waals surface area contributed by atoms with E-state index in [1.165, 1.54) is 0 Å². The molecular formula is C37H31NO10S. The Labute approximate surface area is 286 Å². The van der Waals surface area contributed by atoms with E-state index in [-0.39, 0.29) is 27.5 Å². The van der Waals surface area contributed by atoms with Crippen LogP contribution < -0.4 is 0 Å². The van der Waals surface area contributed by atoms with Gasteiger partial charge < -0.3 is 28.4 Å². The van der Waals surface area contributed by atoms with Gasteiger partial charge in [-0.2, -0.15) is 0 Å². The van der Waals surface area contributed by atoms with Gasteiger partial charge in [0.25, 0.3) is 0 Å². The van der Waals surface area contributed by atoms with Gasteiger partial charge >= 0.3 is 23.9 Å². The lowest BCUT2D eigenvalue weighted by atomic mass is 9.98. The molecule has 250 valence electrons. The number of rotatable bonds is 10. The maximum atomic E-state index is 13.6. The third-order valence-electron chi connectivity index (χ3n) is 7.51. The number of ether oxygens (including phenoxy) is 6. The average Bonchev–Trinajstić information content (AvgIpc) is 3.67. The van der Waals surface area contributed by atoms with Crippen LogP contribution in [-0.2, 0) is 28.4 Å². The average molecular weight is 682 g/mol. The Bertz CT molecular complexity index is 1770. The predicted octanol–water partition coefficient (Wildman–Crippen LogP) is 5.36. The molecule has 4 aromatic rings. The van der Waals surface area contributed by atoms with E-state index >= 15 is 0 Å². The molecule has 2 heterocycles. The van der Waals surface area contributed by atoms with Crippen LogP contribution in [0.15, 0.2) is 126 Å². The fraction of sp³-hybridized carbons (Fsp3) is 0.216. The number of esters is 4. The molecule has 0 radical (unpaired) electrons. The second kappa shape index (κ2) is 16.1. The Morgan fingerprint density at radius 2 is 1.02 bits per heavy atom. The standard InChI is InChI=1S/C37H31NO10S/c39-32(24-13-5-1-6-14-24)44-23-28-29(46-33(40)25-15-7-2-8-16-25)30(47-34(41)26-17-9-3-10-18-26)31(36(45-28)49-37-38-21-22-43-37)48-35(42)27-19-11-4-12-20-27/h1-20,28-31,36H,21-23H2. The molecule has 1 saturated heterocycles. The summed E-state index contributed by atoms with van der Waals surface area (Å²) in [6, 6.07) is 33.0. The van der Waals surface area contributed by atoms with E-state index in [2.05, 4.69) is 4.99 Å². The van der Waals surface area contributed by atoms with Crippen LogP contribution in [-0.4, -0.2) is 78.7 Å². The van der Waals surface area contributed by atoms with Crippen molar-refractivity contribution >= 4 is 40.9 Å². The first-order valence-corrected chi connectivity index (χ1v) is 16.3. The molecule has 4 aromatic carbocycles. The normalized spacial score (nSPS) is 21.4. The first-order valence-electron chi connectivity index (χ1n) is 15.5. The Morgan fingerprint density at radius 3 is 1.47 bits per heavy atom. The van der Waals surface area contributed by atoms with Crippen molar-refractivity contribution in [1.82, 2.24) is 0 Å². The van der Waals surface area contributed by atoms with Crippen LogP contribution in [0.4, 0.5) is 0 Å². The lowest BCUT2D eigenvalue weighted by Crippen LogP contribution is -2.62. The van der Waals surface area contributed by atoms with Crippen LogP contribution in [0.5, 0.6) is 0 Å². The number of carbonyl (C=O) groups is 4. The van der Waals surface area contributed by atoms with Crippen LogP contribution in [0.25, 0.3) is 0 Å². The van der Waals surface area contributed by atoms with Crippen molar-refractivity contribution in [2.45, 2.75) is 29.9 Å². The van der Waals surface area contributed by atoms with Crippen LogP contribution >= 0.6 is 11.8 Å². The topological polar surface area (TPSA) is 136 Å². The molecule has 2 aliphatic heterocycles. The zero-order valence-corrected chi connectivity index (χ0v) is 26.8. The summed E-state index contributed by atoms with van der Waals surface area (Å²) in [7, 11) is 0. The molecule has 0 aromatic heterocycles. The molecule has 0 spiro atoms. The van der Waals surface area contributed by atoms with Crippen molar-refractivity contribution < 1.29 is 47.6 Å². The molecule has 12 heteroatoms. The lowest BCUT2D eigenvalue weighted by Gasteiger charge is -2.44. The third kappa shape index (κ3) is 8.53. The van der Waals surface area contributed by atoms with E-state index in [1.807, 2.05) is 0 Å². The molecule has 6 rings (SSSR count). The van der Waals surface area contributed by atoms with Crippen molar-refractivity contribution in [3.8, 4) is 0 Å². The largest absolute Gasteiger partial charge is 0.471 e.